The topological polar surface area (TPSA) is 0 Å². The van der Waals surface area contributed by atoms with Gasteiger partial charge in [0.15, 0.2) is 0 Å². The van der Waals surface area contributed by atoms with Crippen molar-refractivity contribution in [3.63, 3.8) is 0 Å². The number of benzene rings is 2. The number of rotatable bonds is 3. The maximum atomic E-state index is 2.32. The average molecular weight is 359 g/mol. The number of allylic oxidation sites excluding steroid dienone is 1. The second kappa shape index (κ2) is 9.40. The minimum absolute atomic E-state index is 0.793. The van der Waals surface area contributed by atoms with Gasteiger partial charge in [0, 0.05) is 0 Å². The smallest absolute Gasteiger partial charge is 0.0117 e. The highest BCUT2D eigenvalue weighted by Crippen LogP contribution is 2.44. The predicted octanol–water partition coefficient (Wildman–Crippen LogP) is 8.04. The van der Waals surface area contributed by atoms with E-state index in [1.165, 1.54) is 81.8 Å². The van der Waals surface area contributed by atoms with Gasteiger partial charge in [0.05, 0.1) is 0 Å². The van der Waals surface area contributed by atoms with Crippen LogP contribution in [0.5, 0.6) is 0 Å². The fraction of sp³-hybridized carbons (Fsp3) is 0.481. The van der Waals surface area contributed by atoms with Gasteiger partial charge in [0.1, 0.15) is 0 Å². The zero-order valence-corrected chi connectivity index (χ0v) is 16.7. The Bertz CT molecular complexity index is 676. The van der Waals surface area contributed by atoms with Gasteiger partial charge in [-0.05, 0) is 60.6 Å². The van der Waals surface area contributed by atoms with Crippen LogP contribution >= 0.6 is 0 Å². The van der Waals surface area contributed by atoms with Crippen LogP contribution < -0.4 is 0 Å². The molecule has 0 nitrogen and oxygen atoms in total. The van der Waals surface area contributed by atoms with Crippen LogP contribution in [0.25, 0.3) is 5.57 Å². The molecule has 0 amide bonds. The van der Waals surface area contributed by atoms with Gasteiger partial charge in [-0.25, -0.2) is 0 Å². The van der Waals surface area contributed by atoms with Gasteiger partial charge >= 0.3 is 0 Å². The summed E-state index contributed by atoms with van der Waals surface area (Å²) in [6, 6.07) is 22.4. The first-order chi connectivity index (χ1) is 13.4. The summed E-state index contributed by atoms with van der Waals surface area (Å²) < 4.78 is 0. The molecule has 0 radical (unpaired) electrons. The highest BCUT2D eigenvalue weighted by Gasteiger charge is 2.29. The van der Waals surface area contributed by atoms with E-state index in [2.05, 4.69) is 60.7 Å². The Balaban J connectivity index is 1.82. The van der Waals surface area contributed by atoms with E-state index in [9.17, 15) is 0 Å². The van der Waals surface area contributed by atoms with E-state index in [1.807, 2.05) is 0 Å². The maximum Gasteiger partial charge on any atom is -0.0117 e. The molecule has 0 N–H and O–H groups in total. The molecule has 2 aliphatic rings. The molecule has 0 saturated heterocycles. The van der Waals surface area contributed by atoms with Gasteiger partial charge in [-0.2, -0.15) is 0 Å². The molecule has 1 unspecified atom stereocenters. The number of hydrogen-bond acceptors (Lipinski definition) is 0. The van der Waals surface area contributed by atoms with Crippen molar-refractivity contribution in [3.8, 4) is 0 Å². The molecule has 4 rings (SSSR count). The van der Waals surface area contributed by atoms with Crippen LogP contribution in [0.15, 0.2) is 66.2 Å². The Kier molecular flexibility index (Phi) is 6.45. The van der Waals surface area contributed by atoms with E-state index in [1.54, 1.807) is 11.1 Å². The van der Waals surface area contributed by atoms with E-state index < -0.39 is 0 Å². The van der Waals surface area contributed by atoms with Crippen LogP contribution in [0, 0.1) is 11.8 Å². The molecule has 27 heavy (non-hydrogen) atoms. The zero-order chi connectivity index (χ0) is 18.3. The van der Waals surface area contributed by atoms with Crippen molar-refractivity contribution in [2.75, 3.05) is 0 Å². The second-order valence-electron chi connectivity index (χ2n) is 8.59. The van der Waals surface area contributed by atoms with E-state index in [0.29, 0.717) is 0 Å². The normalized spacial score (nSPS) is 22.1. The average Bonchev–Trinajstić information content (AvgIpc) is 3.13. The van der Waals surface area contributed by atoms with Gasteiger partial charge in [-0.3, -0.25) is 0 Å². The van der Waals surface area contributed by atoms with Crippen molar-refractivity contribution in [2.45, 2.75) is 70.6 Å². The Hall–Kier alpha value is -1.82. The summed E-state index contributed by atoms with van der Waals surface area (Å²) >= 11 is 0. The van der Waals surface area contributed by atoms with Crippen LogP contribution in [0.3, 0.4) is 0 Å². The molecule has 2 fully saturated rings. The first-order valence-electron chi connectivity index (χ1n) is 11.3. The first-order valence-corrected chi connectivity index (χ1v) is 11.3. The summed E-state index contributed by atoms with van der Waals surface area (Å²) in [5, 5.41) is 0. The summed E-state index contributed by atoms with van der Waals surface area (Å²) in [6.45, 7) is 0. The molecule has 2 aromatic carbocycles. The summed E-state index contributed by atoms with van der Waals surface area (Å²) in [7, 11) is 0. The fourth-order valence-corrected chi connectivity index (χ4v) is 5.51. The fourth-order valence-electron chi connectivity index (χ4n) is 5.51. The molecule has 2 saturated carbocycles. The molecule has 1 atom stereocenters. The molecule has 0 bridgehead atoms. The molecule has 2 aromatic rings. The van der Waals surface area contributed by atoms with Crippen LogP contribution in [-0.2, 0) is 0 Å². The highest BCUT2D eigenvalue weighted by atomic mass is 14.3. The Morgan fingerprint density at radius 1 is 0.556 bits per heavy atom. The van der Waals surface area contributed by atoms with Crippen LogP contribution in [0.2, 0.25) is 0 Å². The second-order valence-corrected chi connectivity index (χ2v) is 8.59. The molecular formula is C27H34. The zero-order valence-electron chi connectivity index (χ0n) is 16.7. The minimum Gasteiger partial charge on any atom is -0.0622 e. The SMILES string of the molecule is c1ccc(C(=C2CCCCCC2C2CCCCCC2)c2ccccc2)cc1. The van der Waals surface area contributed by atoms with E-state index in [-0.39, 0.29) is 0 Å². The molecule has 142 valence electrons. The van der Waals surface area contributed by atoms with Crippen molar-refractivity contribution in [1.29, 1.82) is 0 Å². The van der Waals surface area contributed by atoms with Crippen molar-refractivity contribution in [1.82, 2.24) is 0 Å². The predicted molar refractivity (Wildman–Crippen MR) is 117 cm³/mol. The summed E-state index contributed by atoms with van der Waals surface area (Å²) in [6.07, 6.45) is 15.6. The third-order valence-electron chi connectivity index (χ3n) is 6.82. The Labute approximate surface area is 165 Å². The monoisotopic (exact) mass is 358 g/mol. The first kappa shape index (κ1) is 18.5. The molecular weight excluding hydrogens is 324 g/mol. The van der Waals surface area contributed by atoms with Gasteiger partial charge in [-0.1, -0.05) is 105 Å². The molecule has 2 aliphatic carbocycles. The van der Waals surface area contributed by atoms with Crippen molar-refractivity contribution >= 4 is 5.57 Å². The Morgan fingerprint density at radius 3 is 1.67 bits per heavy atom. The van der Waals surface area contributed by atoms with Gasteiger partial charge in [0.2, 0.25) is 0 Å². The lowest BCUT2D eigenvalue weighted by atomic mass is 9.75. The lowest BCUT2D eigenvalue weighted by molar-refractivity contribution is 0.319. The van der Waals surface area contributed by atoms with E-state index >= 15 is 0 Å². The summed E-state index contributed by atoms with van der Waals surface area (Å²) in [4.78, 5) is 0. The molecule has 0 heterocycles. The molecule has 0 aliphatic heterocycles. The van der Waals surface area contributed by atoms with Gasteiger partial charge in [-0.15, -0.1) is 0 Å². The minimum atomic E-state index is 0.793. The van der Waals surface area contributed by atoms with Crippen molar-refractivity contribution in [3.05, 3.63) is 77.4 Å². The standard InChI is InChI=1S/C27H34/c1-2-7-15-22(14-6-1)25-20-12-5-13-21-26(25)27(23-16-8-3-9-17-23)24-18-10-4-11-19-24/h3-4,8-11,16-19,22,25H,1-2,5-7,12-15,20-21H2. The quantitative estimate of drug-likeness (QED) is 0.487. The van der Waals surface area contributed by atoms with Crippen LogP contribution in [0.1, 0.15) is 81.8 Å². The van der Waals surface area contributed by atoms with Crippen molar-refractivity contribution < 1.29 is 0 Å². The highest BCUT2D eigenvalue weighted by molar-refractivity contribution is 5.82. The molecule has 0 aromatic heterocycles. The third kappa shape index (κ3) is 4.54. The van der Waals surface area contributed by atoms with E-state index in [0.717, 1.165) is 11.8 Å². The van der Waals surface area contributed by atoms with Crippen LogP contribution in [-0.4, -0.2) is 0 Å². The van der Waals surface area contributed by atoms with Crippen LogP contribution in [0.4, 0.5) is 0 Å². The molecule has 0 spiro atoms. The van der Waals surface area contributed by atoms with E-state index in [4.69, 9.17) is 0 Å². The van der Waals surface area contributed by atoms with Crippen molar-refractivity contribution in [2.24, 2.45) is 11.8 Å². The maximum absolute atomic E-state index is 2.32. The third-order valence-corrected chi connectivity index (χ3v) is 6.82. The summed E-state index contributed by atoms with van der Waals surface area (Å²) in [5.41, 5.74) is 6.16. The lowest BCUT2D eigenvalue weighted by Crippen LogP contribution is -2.18. The number of hydrogen-bond donors (Lipinski definition) is 0. The van der Waals surface area contributed by atoms with Gasteiger partial charge < -0.3 is 0 Å². The lowest BCUT2D eigenvalue weighted by Gasteiger charge is -2.30. The summed E-state index contributed by atoms with van der Waals surface area (Å²) in [5.74, 6) is 1.70. The van der Waals surface area contributed by atoms with Gasteiger partial charge in [0.25, 0.3) is 0 Å². The molecule has 0 heteroatoms. The Morgan fingerprint density at radius 2 is 1.07 bits per heavy atom. The largest absolute Gasteiger partial charge is 0.0622 e.